The molecular weight excluding hydrogens is 377 g/mol. The number of hydrogen-bond donors (Lipinski definition) is 2. The van der Waals surface area contributed by atoms with Crippen molar-refractivity contribution in [1.29, 1.82) is 5.26 Å². The van der Waals surface area contributed by atoms with Gasteiger partial charge in [-0.1, -0.05) is 24.3 Å². The zero-order valence-corrected chi connectivity index (χ0v) is 14.6. The highest BCUT2D eigenvalue weighted by molar-refractivity contribution is 7.89. The number of anilines is 1. The van der Waals surface area contributed by atoms with E-state index in [1.165, 1.54) is 24.3 Å². The number of halogens is 1. The maximum absolute atomic E-state index is 13.5. The monoisotopic (exact) mass is 391 g/mol. The predicted molar refractivity (Wildman–Crippen MR) is 92.3 cm³/mol. The molecule has 0 radical (unpaired) electrons. The highest BCUT2D eigenvalue weighted by Gasteiger charge is 2.20. The Morgan fingerprint density at radius 2 is 1.78 bits per heavy atom. The molecule has 2 aromatic rings. The lowest BCUT2D eigenvalue weighted by Crippen LogP contribution is -2.32. The number of rotatable bonds is 7. The first-order valence-corrected chi connectivity index (χ1v) is 9.00. The minimum Gasteiger partial charge on any atom is -0.455 e. The fraction of sp³-hybridized carbons (Fsp3) is 0.118. The number of esters is 1. The molecular formula is C17H14FN3O5S. The van der Waals surface area contributed by atoms with Gasteiger partial charge in [-0.2, -0.15) is 9.98 Å². The minimum absolute atomic E-state index is 0.231. The van der Waals surface area contributed by atoms with Crippen LogP contribution in [0, 0.1) is 17.1 Å². The van der Waals surface area contributed by atoms with Crippen LogP contribution in [0.5, 0.6) is 0 Å². The van der Waals surface area contributed by atoms with Crippen molar-refractivity contribution in [2.45, 2.75) is 4.90 Å². The number of sulfonamides is 1. The lowest BCUT2D eigenvalue weighted by Gasteiger charge is -2.09. The number of benzene rings is 2. The molecule has 0 saturated heterocycles. The summed E-state index contributed by atoms with van der Waals surface area (Å²) in [4.78, 5) is 22.8. The fourth-order valence-electron chi connectivity index (χ4n) is 1.97. The Kier molecular flexibility index (Phi) is 6.59. The number of amides is 1. The number of nitrogens with zero attached hydrogens (tertiary/aromatic N) is 1. The van der Waals surface area contributed by atoms with Crippen LogP contribution >= 0.6 is 0 Å². The van der Waals surface area contributed by atoms with Crippen molar-refractivity contribution in [2.24, 2.45) is 0 Å². The Hall–Kier alpha value is -3.29. The Balaban J connectivity index is 1.85. The van der Waals surface area contributed by atoms with Crippen LogP contribution in [-0.2, 0) is 24.3 Å². The molecule has 0 aliphatic carbocycles. The Labute approximate surface area is 154 Å². The molecule has 0 aliphatic rings. The summed E-state index contributed by atoms with van der Waals surface area (Å²) in [5.74, 6) is -2.70. The Bertz CT molecular complexity index is 1000. The quantitative estimate of drug-likeness (QED) is 0.682. The van der Waals surface area contributed by atoms with E-state index in [-0.39, 0.29) is 11.3 Å². The number of nitrogens with one attached hydrogen (secondary N) is 2. The summed E-state index contributed by atoms with van der Waals surface area (Å²) < 4.78 is 43.9. The van der Waals surface area contributed by atoms with E-state index >= 15 is 0 Å². The lowest BCUT2D eigenvalue weighted by molar-refractivity contribution is -0.146. The molecule has 0 atom stereocenters. The molecule has 0 saturated carbocycles. The summed E-state index contributed by atoms with van der Waals surface area (Å²) in [7, 11) is -4.24. The van der Waals surface area contributed by atoms with Gasteiger partial charge in [-0.05, 0) is 24.3 Å². The van der Waals surface area contributed by atoms with E-state index in [4.69, 9.17) is 5.26 Å². The van der Waals surface area contributed by atoms with Crippen molar-refractivity contribution in [1.82, 2.24) is 4.72 Å². The second-order valence-corrected chi connectivity index (χ2v) is 6.86. The van der Waals surface area contributed by atoms with Crippen LogP contribution in [-0.4, -0.2) is 33.4 Å². The zero-order chi connectivity index (χ0) is 19.9. The van der Waals surface area contributed by atoms with Crippen LogP contribution < -0.4 is 10.0 Å². The van der Waals surface area contributed by atoms with Crippen molar-refractivity contribution in [3.8, 4) is 6.07 Å². The van der Waals surface area contributed by atoms with Gasteiger partial charge in [-0.25, -0.2) is 12.8 Å². The summed E-state index contributed by atoms with van der Waals surface area (Å²) in [5.41, 5.74) is 0.483. The highest BCUT2D eigenvalue weighted by atomic mass is 32.2. The number of nitriles is 1. The molecule has 10 heteroatoms. The average Bonchev–Trinajstić information content (AvgIpc) is 2.65. The number of carbonyl (C=O) groups is 2. The summed E-state index contributed by atoms with van der Waals surface area (Å²) in [6, 6.07) is 12.8. The van der Waals surface area contributed by atoms with E-state index in [1.807, 2.05) is 10.8 Å². The first kappa shape index (κ1) is 20.0. The highest BCUT2D eigenvalue weighted by Crippen LogP contribution is 2.14. The maximum Gasteiger partial charge on any atom is 0.321 e. The summed E-state index contributed by atoms with van der Waals surface area (Å²) in [6.45, 7) is -1.46. The molecule has 140 valence electrons. The second-order valence-electron chi connectivity index (χ2n) is 5.12. The topological polar surface area (TPSA) is 125 Å². The fourth-order valence-corrected chi connectivity index (χ4v) is 3.01. The van der Waals surface area contributed by atoms with Gasteiger partial charge in [0, 0.05) is 0 Å². The molecule has 0 bridgehead atoms. The third-order valence-electron chi connectivity index (χ3n) is 3.22. The molecule has 0 aromatic heterocycles. The van der Waals surface area contributed by atoms with Gasteiger partial charge in [0.15, 0.2) is 6.61 Å². The molecule has 0 fully saturated rings. The van der Waals surface area contributed by atoms with Crippen molar-refractivity contribution in [3.05, 3.63) is 59.9 Å². The van der Waals surface area contributed by atoms with E-state index in [0.29, 0.717) is 0 Å². The van der Waals surface area contributed by atoms with Crippen LogP contribution in [0.15, 0.2) is 53.4 Å². The van der Waals surface area contributed by atoms with Gasteiger partial charge in [-0.3, -0.25) is 9.59 Å². The number of carbonyl (C=O) groups excluding carboxylic acids is 2. The first-order chi connectivity index (χ1) is 12.8. The van der Waals surface area contributed by atoms with E-state index in [1.54, 1.807) is 12.1 Å². The van der Waals surface area contributed by atoms with Gasteiger partial charge in [0.1, 0.15) is 23.3 Å². The van der Waals surface area contributed by atoms with E-state index in [9.17, 15) is 22.4 Å². The van der Waals surface area contributed by atoms with Gasteiger partial charge in [0.25, 0.3) is 5.91 Å². The number of para-hydroxylation sites is 1. The smallest absolute Gasteiger partial charge is 0.321 e. The lowest BCUT2D eigenvalue weighted by atomic mass is 10.2. The van der Waals surface area contributed by atoms with E-state index < -0.39 is 45.8 Å². The van der Waals surface area contributed by atoms with Crippen molar-refractivity contribution in [2.75, 3.05) is 18.5 Å². The van der Waals surface area contributed by atoms with Gasteiger partial charge in [0.05, 0.1) is 11.3 Å². The zero-order valence-electron chi connectivity index (χ0n) is 13.8. The normalized spacial score (nSPS) is 10.7. The molecule has 0 aliphatic heterocycles. The largest absolute Gasteiger partial charge is 0.455 e. The minimum atomic E-state index is -4.24. The Morgan fingerprint density at radius 3 is 2.48 bits per heavy atom. The van der Waals surface area contributed by atoms with Crippen LogP contribution in [0.4, 0.5) is 10.1 Å². The second kappa shape index (κ2) is 8.88. The van der Waals surface area contributed by atoms with Crippen molar-refractivity contribution >= 4 is 27.6 Å². The van der Waals surface area contributed by atoms with Crippen molar-refractivity contribution < 1.29 is 27.1 Å². The van der Waals surface area contributed by atoms with E-state index in [2.05, 4.69) is 10.1 Å². The summed E-state index contributed by atoms with van der Waals surface area (Å²) >= 11 is 0. The molecule has 1 amide bonds. The Morgan fingerprint density at radius 1 is 1.11 bits per heavy atom. The molecule has 0 spiro atoms. The third-order valence-corrected chi connectivity index (χ3v) is 4.65. The SMILES string of the molecule is N#Cc1ccccc1NC(=O)COC(=O)CNS(=O)(=O)c1ccccc1F. The van der Waals surface area contributed by atoms with Crippen LogP contribution in [0.25, 0.3) is 0 Å². The summed E-state index contributed by atoms with van der Waals surface area (Å²) in [6.07, 6.45) is 0. The van der Waals surface area contributed by atoms with Crippen LogP contribution in [0.3, 0.4) is 0 Å². The number of hydrogen-bond acceptors (Lipinski definition) is 6. The standard InChI is InChI=1S/C17H14FN3O5S/c18-13-6-2-4-8-15(13)27(24,25)20-10-17(23)26-11-16(22)21-14-7-3-1-5-12(14)9-19/h1-8,20H,10-11H2,(H,21,22). The van der Waals surface area contributed by atoms with Gasteiger partial charge >= 0.3 is 5.97 Å². The van der Waals surface area contributed by atoms with Gasteiger partial charge in [-0.15, -0.1) is 0 Å². The molecule has 2 N–H and O–H groups in total. The van der Waals surface area contributed by atoms with E-state index in [0.717, 1.165) is 12.1 Å². The first-order valence-electron chi connectivity index (χ1n) is 7.52. The van der Waals surface area contributed by atoms with Crippen LogP contribution in [0.1, 0.15) is 5.56 Å². The molecule has 27 heavy (non-hydrogen) atoms. The maximum atomic E-state index is 13.5. The third kappa shape index (κ3) is 5.60. The number of ether oxygens (including phenoxy) is 1. The predicted octanol–water partition coefficient (Wildman–Crippen LogP) is 1.16. The molecule has 2 aromatic carbocycles. The van der Waals surface area contributed by atoms with Gasteiger partial charge < -0.3 is 10.1 Å². The summed E-state index contributed by atoms with van der Waals surface area (Å²) in [5, 5.41) is 11.3. The molecule has 0 unspecified atom stereocenters. The molecule has 0 heterocycles. The average molecular weight is 391 g/mol. The van der Waals surface area contributed by atoms with Crippen molar-refractivity contribution in [3.63, 3.8) is 0 Å². The molecule has 2 rings (SSSR count). The van der Waals surface area contributed by atoms with Gasteiger partial charge in [0.2, 0.25) is 10.0 Å². The van der Waals surface area contributed by atoms with Crippen LogP contribution in [0.2, 0.25) is 0 Å². The molecule has 8 nitrogen and oxygen atoms in total.